The molecule has 0 unspecified atom stereocenters. The summed E-state index contributed by atoms with van der Waals surface area (Å²) in [6.07, 6.45) is 0. The molecule has 4 N–H and O–H groups in total. The van der Waals surface area contributed by atoms with E-state index in [1.54, 1.807) is 12.1 Å². The van der Waals surface area contributed by atoms with Crippen LogP contribution in [0, 0.1) is 0 Å². The van der Waals surface area contributed by atoms with Crippen molar-refractivity contribution in [2.24, 2.45) is 0 Å². The van der Waals surface area contributed by atoms with Crippen LogP contribution in [0.15, 0.2) is 18.2 Å². The van der Waals surface area contributed by atoms with Crippen molar-refractivity contribution in [2.45, 2.75) is 0 Å². The van der Waals surface area contributed by atoms with Gasteiger partial charge in [-0.3, -0.25) is 0 Å². The van der Waals surface area contributed by atoms with Gasteiger partial charge in [0.15, 0.2) is 0 Å². The Bertz CT molecular complexity index is 277. The van der Waals surface area contributed by atoms with E-state index in [4.69, 9.17) is 20.5 Å². The van der Waals surface area contributed by atoms with Gasteiger partial charge >= 0.3 is 7.12 Å². The zero-order chi connectivity index (χ0) is 9.14. The minimum Gasteiger partial charge on any atom is -0.495 e. The van der Waals surface area contributed by atoms with E-state index in [9.17, 15) is 0 Å². The number of nitrogens with two attached hydrogens (primary N) is 1. The van der Waals surface area contributed by atoms with Crippen LogP contribution in [0.25, 0.3) is 0 Å². The molecule has 0 saturated heterocycles. The van der Waals surface area contributed by atoms with Gasteiger partial charge in [0, 0.05) is 0 Å². The van der Waals surface area contributed by atoms with Gasteiger partial charge in [-0.2, -0.15) is 0 Å². The number of rotatable bonds is 2. The topological polar surface area (TPSA) is 75.7 Å². The summed E-state index contributed by atoms with van der Waals surface area (Å²) in [5.41, 5.74) is 6.27. The minimum absolute atomic E-state index is 0.355. The third-order valence-corrected chi connectivity index (χ3v) is 1.55. The summed E-state index contributed by atoms with van der Waals surface area (Å²) < 4.78 is 4.89. The summed E-state index contributed by atoms with van der Waals surface area (Å²) in [6.45, 7) is 0. The van der Waals surface area contributed by atoms with E-state index in [1.807, 2.05) is 0 Å². The van der Waals surface area contributed by atoms with Crippen molar-refractivity contribution in [3.05, 3.63) is 18.2 Å². The van der Waals surface area contributed by atoms with Gasteiger partial charge in [-0.15, -0.1) is 0 Å². The van der Waals surface area contributed by atoms with Crippen LogP contribution in [-0.2, 0) is 0 Å². The van der Waals surface area contributed by atoms with Crippen molar-refractivity contribution < 1.29 is 14.8 Å². The highest BCUT2D eigenvalue weighted by Gasteiger charge is 2.11. The first-order chi connectivity index (χ1) is 5.65. The Morgan fingerprint density at radius 3 is 2.50 bits per heavy atom. The molecule has 0 aliphatic heterocycles. The summed E-state index contributed by atoms with van der Waals surface area (Å²) in [5, 5.41) is 17.5. The van der Waals surface area contributed by atoms with Gasteiger partial charge in [0.2, 0.25) is 0 Å². The quantitative estimate of drug-likeness (QED) is 0.388. The number of benzene rings is 1. The van der Waals surface area contributed by atoms with Crippen LogP contribution in [0.5, 0.6) is 5.75 Å². The van der Waals surface area contributed by atoms with Crippen molar-refractivity contribution in [1.82, 2.24) is 0 Å². The predicted octanol–water partition coefficient (Wildman–Crippen LogP) is -1.04. The lowest BCUT2D eigenvalue weighted by molar-refractivity contribution is 0.416. The van der Waals surface area contributed by atoms with Crippen LogP contribution in [0.3, 0.4) is 0 Å². The second kappa shape index (κ2) is 3.47. The normalized spacial score (nSPS) is 9.58. The molecule has 1 aromatic rings. The van der Waals surface area contributed by atoms with Crippen LogP contribution in [-0.4, -0.2) is 24.3 Å². The molecular formula is C7H10BNO3. The molecule has 1 rings (SSSR count). The lowest BCUT2D eigenvalue weighted by Gasteiger charge is -2.05. The lowest BCUT2D eigenvalue weighted by atomic mass is 9.80. The first-order valence-electron chi connectivity index (χ1n) is 3.44. The molecule has 1 aromatic carbocycles. The molecule has 0 atom stereocenters. The van der Waals surface area contributed by atoms with E-state index in [0.29, 0.717) is 16.9 Å². The summed E-state index contributed by atoms with van der Waals surface area (Å²) in [5.74, 6) is 0.527. The Balaban J connectivity index is 3.02. The first-order valence-corrected chi connectivity index (χ1v) is 3.44. The zero-order valence-electron chi connectivity index (χ0n) is 6.69. The maximum absolute atomic E-state index is 8.77. The van der Waals surface area contributed by atoms with E-state index >= 15 is 0 Å². The standard InChI is InChI=1S/C7H10BNO3/c1-12-7-3-2-5(8(10)11)4-6(7)9/h2-4,10-11H,9H2,1H3. The van der Waals surface area contributed by atoms with E-state index in [1.165, 1.54) is 13.2 Å². The third kappa shape index (κ3) is 1.69. The lowest BCUT2D eigenvalue weighted by Crippen LogP contribution is -2.29. The van der Waals surface area contributed by atoms with Crippen LogP contribution < -0.4 is 15.9 Å². The van der Waals surface area contributed by atoms with Crippen LogP contribution in [0.1, 0.15) is 0 Å². The van der Waals surface area contributed by atoms with Gasteiger partial charge in [-0.25, -0.2) is 0 Å². The molecule has 12 heavy (non-hydrogen) atoms. The number of nitrogen functional groups attached to an aromatic ring is 1. The second-order valence-corrected chi connectivity index (χ2v) is 2.38. The minimum atomic E-state index is -1.49. The van der Waals surface area contributed by atoms with Crippen LogP contribution in [0.2, 0.25) is 0 Å². The van der Waals surface area contributed by atoms with Gasteiger partial charge in [0.1, 0.15) is 5.75 Å². The molecule has 5 heteroatoms. The molecule has 0 saturated carbocycles. The predicted molar refractivity (Wildman–Crippen MR) is 47.2 cm³/mol. The van der Waals surface area contributed by atoms with Crippen molar-refractivity contribution >= 4 is 18.3 Å². The fraction of sp³-hybridized carbons (Fsp3) is 0.143. The summed E-state index contributed by atoms with van der Waals surface area (Å²) in [4.78, 5) is 0. The smallest absolute Gasteiger partial charge is 0.488 e. The van der Waals surface area contributed by atoms with E-state index in [-0.39, 0.29) is 0 Å². The largest absolute Gasteiger partial charge is 0.495 e. The molecule has 0 aliphatic carbocycles. The fourth-order valence-electron chi connectivity index (χ4n) is 0.913. The highest BCUT2D eigenvalue weighted by atomic mass is 16.5. The van der Waals surface area contributed by atoms with Crippen molar-refractivity contribution in [1.29, 1.82) is 0 Å². The molecule has 0 heterocycles. The number of ether oxygens (including phenoxy) is 1. The number of hydrogen-bond donors (Lipinski definition) is 3. The fourth-order valence-corrected chi connectivity index (χ4v) is 0.913. The maximum Gasteiger partial charge on any atom is 0.488 e. The molecular weight excluding hydrogens is 157 g/mol. The molecule has 4 nitrogen and oxygen atoms in total. The molecule has 0 amide bonds. The number of methoxy groups -OCH3 is 1. The highest BCUT2D eigenvalue weighted by molar-refractivity contribution is 6.58. The highest BCUT2D eigenvalue weighted by Crippen LogP contribution is 2.17. The molecule has 64 valence electrons. The molecule has 0 fully saturated rings. The van der Waals surface area contributed by atoms with Gasteiger partial charge in [0.05, 0.1) is 12.8 Å². The van der Waals surface area contributed by atoms with Crippen LogP contribution >= 0.6 is 0 Å². The molecule has 0 aromatic heterocycles. The Morgan fingerprint density at radius 1 is 1.42 bits per heavy atom. The number of hydrogen-bond acceptors (Lipinski definition) is 4. The summed E-state index contributed by atoms with van der Waals surface area (Å²) in [7, 11) is 0.0130. The monoisotopic (exact) mass is 167 g/mol. The average Bonchev–Trinajstić information content (AvgIpc) is 2.04. The first kappa shape index (κ1) is 8.90. The van der Waals surface area contributed by atoms with Crippen LogP contribution in [0.4, 0.5) is 5.69 Å². The van der Waals surface area contributed by atoms with Gasteiger partial charge in [-0.1, -0.05) is 6.07 Å². The Kier molecular flexibility index (Phi) is 2.57. The van der Waals surface area contributed by atoms with Gasteiger partial charge in [-0.05, 0) is 17.6 Å². The Labute approximate surface area is 70.7 Å². The maximum atomic E-state index is 8.77. The van der Waals surface area contributed by atoms with Gasteiger partial charge < -0.3 is 20.5 Å². The third-order valence-electron chi connectivity index (χ3n) is 1.55. The molecule has 0 aliphatic rings. The SMILES string of the molecule is COc1ccc(B(O)O)cc1N. The molecule has 0 radical (unpaired) electrons. The van der Waals surface area contributed by atoms with E-state index < -0.39 is 7.12 Å². The number of anilines is 1. The average molecular weight is 167 g/mol. The van der Waals surface area contributed by atoms with Gasteiger partial charge in [0.25, 0.3) is 0 Å². The summed E-state index contributed by atoms with van der Waals surface area (Å²) >= 11 is 0. The molecule has 0 bridgehead atoms. The van der Waals surface area contributed by atoms with Crippen molar-refractivity contribution in [3.8, 4) is 5.75 Å². The summed E-state index contributed by atoms with van der Waals surface area (Å²) in [6, 6.07) is 4.59. The zero-order valence-corrected chi connectivity index (χ0v) is 6.69. The van der Waals surface area contributed by atoms with E-state index in [0.717, 1.165) is 0 Å². The van der Waals surface area contributed by atoms with Crippen molar-refractivity contribution in [2.75, 3.05) is 12.8 Å². The second-order valence-electron chi connectivity index (χ2n) is 2.38. The Morgan fingerprint density at radius 2 is 2.08 bits per heavy atom. The Hall–Kier alpha value is -1.20. The molecule has 0 spiro atoms. The van der Waals surface area contributed by atoms with E-state index in [2.05, 4.69) is 0 Å². The van der Waals surface area contributed by atoms with Crippen molar-refractivity contribution in [3.63, 3.8) is 0 Å².